The molecule has 152 valence electrons. The second-order valence-corrected chi connectivity index (χ2v) is 8.69. The maximum Gasteiger partial charge on any atom is 0.338 e. The van der Waals surface area contributed by atoms with Crippen molar-refractivity contribution in [1.29, 1.82) is 0 Å². The molecule has 0 unspecified atom stereocenters. The molecule has 0 aliphatic rings. The first kappa shape index (κ1) is 19.9. The van der Waals surface area contributed by atoms with E-state index in [0.717, 1.165) is 16.5 Å². The van der Waals surface area contributed by atoms with Crippen molar-refractivity contribution in [2.75, 3.05) is 6.61 Å². The number of hydrogen-bond acceptors (Lipinski definition) is 4. The number of fused-ring (bicyclic) bond motifs is 1. The van der Waals surface area contributed by atoms with Crippen molar-refractivity contribution < 1.29 is 17.9 Å². The average molecular weight is 420 g/mol. The Morgan fingerprint density at radius 3 is 2.43 bits per heavy atom. The highest BCUT2D eigenvalue weighted by Gasteiger charge is 2.19. The van der Waals surface area contributed by atoms with E-state index in [9.17, 15) is 13.2 Å². The SMILES string of the molecule is CCOC(=O)c1ccccc1Cc1ccc2c(ccn2S(=O)(=O)c2ccccc2)c1. The van der Waals surface area contributed by atoms with Gasteiger partial charge in [0, 0.05) is 11.6 Å². The Labute approximate surface area is 175 Å². The van der Waals surface area contributed by atoms with Gasteiger partial charge in [-0.1, -0.05) is 42.5 Å². The van der Waals surface area contributed by atoms with Crippen molar-refractivity contribution in [2.24, 2.45) is 0 Å². The van der Waals surface area contributed by atoms with E-state index in [2.05, 4.69) is 0 Å². The van der Waals surface area contributed by atoms with E-state index in [1.54, 1.807) is 61.7 Å². The first-order valence-electron chi connectivity index (χ1n) is 9.66. The Hall–Kier alpha value is -3.38. The summed E-state index contributed by atoms with van der Waals surface area (Å²) in [6.07, 6.45) is 2.12. The summed E-state index contributed by atoms with van der Waals surface area (Å²) in [5.41, 5.74) is 3.01. The van der Waals surface area contributed by atoms with Crippen LogP contribution in [-0.2, 0) is 21.2 Å². The number of aromatic nitrogens is 1. The fourth-order valence-corrected chi connectivity index (χ4v) is 4.87. The summed E-state index contributed by atoms with van der Waals surface area (Å²) in [4.78, 5) is 12.5. The molecule has 30 heavy (non-hydrogen) atoms. The second-order valence-electron chi connectivity index (χ2n) is 6.88. The highest BCUT2D eigenvalue weighted by molar-refractivity contribution is 7.90. The van der Waals surface area contributed by atoms with Crippen LogP contribution in [0.2, 0.25) is 0 Å². The standard InChI is InChI=1S/C24H21NO4S/c1-2-29-24(26)22-11-7-6-8-19(22)16-18-12-13-23-20(17-18)14-15-25(23)30(27,28)21-9-4-3-5-10-21/h3-15,17H,2,16H2,1H3. The molecular weight excluding hydrogens is 398 g/mol. The molecule has 0 amide bonds. The molecule has 5 nitrogen and oxygen atoms in total. The molecule has 4 aromatic rings. The van der Waals surface area contributed by atoms with Crippen LogP contribution in [-0.4, -0.2) is 25.0 Å². The minimum Gasteiger partial charge on any atom is -0.462 e. The van der Waals surface area contributed by atoms with Crippen LogP contribution in [0, 0.1) is 0 Å². The van der Waals surface area contributed by atoms with Crippen molar-refractivity contribution >= 4 is 26.9 Å². The number of carbonyl (C=O) groups is 1. The Kier molecular flexibility index (Phi) is 5.42. The van der Waals surface area contributed by atoms with Crippen LogP contribution in [0.1, 0.15) is 28.4 Å². The van der Waals surface area contributed by atoms with Gasteiger partial charge in [-0.15, -0.1) is 0 Å². The summed E-state index contributed by atoms with van der Waals surface area (Å²) < 4.78 is 32.4. The summed E-state index contributed by atoms with van der Waals surface area (Å²) in [5, 5.41) is 0.820. The van der Waals surface area contributed by atoms with E-state index in [4.69, 9.17) is 4.74 Å². The van der Waals surface area contributed by atoms with E-state index in [0.29, 0.717) is 24.1 Å². The Balaban J connectivity index is 1.68. The molecule has 0 N–H and O–H groups in total. The average Bonchev–Trinajstić information content (AvgIpc) is 3.19. The molecule has 1 aromatic heterocycles. The molecule has 0 aliphatic heterocycles. The summed E-state index contributed by atoms with van der Waals surface area (Å²) in [6.45, 7) is 2.10. The van der Waals surface area contributed by atoms with Crippen molar-refractivity contribution in [3.63, 3.8) is 0 Å². The minimum absolute atomic E-state index is 0.245. The monoisotopic (exact) mass is 419 g/mol. The molecule has 0 saturated carbocycles. The molecule has 0 bridgehead atoms. The summed E-state index contributed by atoms with van der Waals surface area (Å²) in [7, 11) is -3.66. The van der Waals surface area contributed by atoms with Gasteiger partial charge in [-0.05, 0) is 60.9 Å². The largest absolute Gasteiger partial charge is 0.462 e. The molecule has 0 spiro atoms. The van der Waals surface area contributed by atoms with Gasteiger partial charge in [0.25, 0.3) is 10.0 Å². The molecule has 0 fully saturated rings. The summed E-state index contributed by atoms with van der Waals surface area (Å²) in [6, 6.07) is 23.2. The van der Waals surface area contributed by atoms with Crippen LogP contribution in [0.15, 0.2) is 90.0 Å². The first-order chi connectivity index (χ1) is 14.5. The molecule has 4 rings (SSSR count). The molecule has 0 radical (unpaired) electrons. The fourth-order valence-electron chi connectivity index (χ4n) is 3.49. The van der Waals surface area contributed by atoms with Gasteiger partial charge in [-0.2, -0.15) is 0 Å². The Bertz CT molecular complexity index is 1310. The summed E-state index contributed by atoms with van der Waals surface area (Å²) >= 11 is 0. The lowest BCUT2D eigenvalue weighted by molar-refractivity contribution is 0.0525. The lowest BCUT2D eigenvalue weighted by atomic mass is 9.99. The Morgan fingerprint density at radius 2 is 1.67 bits per heavy atom. The van der Waals surface area contributed by atoms with Crippen LogP contribution in [0.25, 0.3) is 10.9 Å². The molecule has 0 aliphatic carbocycles. The van der Waals surface area contributed by atoms with Crippen molar-refractivity contribution in [2.45, 2.75) is 18.2 Å². The third-order valence-electron chi connectivity index (χ3n) is 4.93. The number of benzene rings is 3. The van der Waals surface area contributed by atoms with Gasteiger partial charge in [0.2, 0.25) is 0 Å². The predicted molar refractivity (Wildman–Crippen MR) is 116 cm³/mol. The molecular formula is C24H21NO4S. The number of ether oxygens (including phenoxy) is 1. The van der Waals surface area contributed by atoms with Gasteiger partial charge >= 0.3 is 5.97 Å². The quantitative estimate of drug-likeness (QED) is 0.427. The van der Waals surface area contributed by atoms with Crippen LogP contribution >= 0.6 is 0 Å². The zero-order chi connectivity index (χ0) is 21.1. The van der Waals surface area contributed by atoms with Gasteiger partial charge in [-0.25, -0.2) is 17.2 Å². The second kappa shape index (κ2) is 8.16. The van der Waals surface area contributed by atoms with Gasteiger partial charge in [-0.3, -0.25) is 0 Å². The number of carbonyl (C=O) groups excluding carboxylic acids is 1. The maximum atomic E-state index is 13.0. The minimum atomic E-state index is -3.66. The maximum absolute atomic E-state index is 13.0. The van der Waals surface area contributed by atoms with Crippen LogP contribution in [0.3, 0.4) is 0 Å². The topological polar surface area (TPSA) is 65.4 Å². The van der Waals surface area contributed by atoms with Gasteiger partial charge in [0.15, 0.2) is 0 Å². The Morgan fingerprint density at radius 1 is 0.933 bits per heavy atom. The smallest absolute Gasteiger partial charge is 0.338 e. The van der Waals surface area contributed by atoms with E-state index in [-0.39, 0.29) is 10.9 Å². The van der Waals surface area contributed by atoms with Crippen molar-refractivity contribution in [1.82, 2.24) is 3.97 Å². The van der Waals surface area contributed by atoms with E-state index < -0.39 is 10.0 Å². The number of nitrogens with zero attached hydrogens (tertiary/aromatic N) is 1. The molecule has 3 aromatic carbocycles. The number of esters is 1. The third-order valence-corrected chi connectivity index (χ3v) is 6.63. The zero-order valence-corrected chi connectivity index (χ0v) is 17.3. The van der Waals surface area contributed by atoms with Crippen LogP contribution < -0.4 is 0 Å². The van der Waals surface area contributed by atoms with E-state index >= 15 is 0 Å². The molecule has 1 heterocycles. The van der Waals surface area contributed by atoms with Gasteiger partial charge < -0.3 is 4.74 Å². The predicted octanol–water partition coefficient (Wildman–Crippen LogP) is 4.65. The molecule has 6 heteroatoms. The van der Waals surface area contributed by atoms with Crippen LogP contribution in [0.5, 0.6) is 0 Å². The third kappa shape index (κ3) is 3.74. The first-order valence-corrected chi connectivity index (χ1v) is 11.1. The summed E-state index contributed by atoms with van der Waals surface area (Å²) in [5.74, 6) is -0.339. The van der Waals surface area contributed by atoms with Crippen LogP contribution in [0.4, 0.5) is 0 Å². The zero-order valence-electron chi connectivity index (χ0n) is 16.5. The van der Waals surface area contributed by atoms with E-state index in [1.807, 2.05) is 30.3 Å². The van der Waals surface area contributed by atoms with Crippen molar-refractivity contribution in [3.05, 3.63) is 102 Å². The lowest BCUT2D eigenvalue weighted by Gasteiger charge is -2.10. The van der Waals surface area contributed by atoms with Gasteiger partial charge in [0.1, 0.15) is 0 Å². The normalized spacial score (nSPS) is 11.5. The van der Waals surface area contributed by atoms with E-state index in [1.165, 1.54) is 3.97 Å². The number of hydrogen-bond donors (Lipinski definition) is 0. The molecule has 0 atom stereocenters. The highest BCUT2D eigenvalue weighted by atomic mass is 32.2. The van der Waals surface area contributed by atoms with Gasteiger partial charge in [0.05, 0.1) is 22.6 Å². The van der Waals surface area contributed by atoms with Crippen molar-refractivity contribution in [3.8, 4) is 0 Å². The number of rotatable bonds is 6. The lowest BCUT2D eigenvalue weighted by Crippen LogP contribution is -2.11. The highest BCUT2D eigenvalue weighted by Crippen LogP contribution is 2.25. The molecule has 0 saturated heterocycles. The fraction of sp³-hybridized carbons (Fsp3) is 0.125.